The largest absolute Gasteiger partial charge is 0.478 e. The first kappa shape index (κ1) is 14.0. The van der Waals surface area contributed by atoms with Crippen molar-refractivity contribution in [3.63, 3.8) is 0 Å². The summed E-state index contributed by atoms with van der Waals surface area (Å²) in [7, 11) is 0. The van der Waals surface area contributed by atoms with E-state index in [1.165, 1.54) is 12.1 Å². The fraction of sp³-hybridized carbons (Fsp3) is 0.0714. The average Bonchev–Trinajstić information content (AvgIpc) is 2.46. The van der Waals surface area contributed by atoms with Crippen LogP contribution in [0.15, 0.2) is 47.8 Å². The molecule has 0 spiro atoms. The number of halogens is 1. The van der Waals surface area contributed by atoms with E-state index < -0.39 is 5.97 Å². The van der Waals surface area contributed by atoms with Gasteiger partial charge in [-0.05, 0) is 37.3 Å². The topological polar surface area (TPSA) is 74.6 Å². The second-order valence-corrected chi connectivity index (χ2v) is 4.45. The van der Waals surface area contributed by atoms with Crippen LogP contribution in [0.1, 0.15) is 22.8 Å². The van der Waals surface area contributed by atoms with Crippen molar-refractivity contribution in [2.75, 3.05) is 5.43 Å². The van der Waals surface area contributed by atoms with Gasteiger partial charge in [0.15, 0.2) is 0 Å². The number of rotatable bonds is 4. The molecule has 0 unspecified atom stereocenters. The Morgan fingerprint density at radius 1 is 1.30 bits per heavy atom. The van der Waals surface area contributed by atoms with Crippen molar-refractivity contribution >= 4 is 29.0 Å². The van der Waals surface area contributed by atoms with E-state index in [2.05, 4.69) is 15.5 Å². The standard InChI is InChI=1S/C14H12ClN3O2/c1-9(10-4-6-16-7-5-10)17-18-11-2-3-13(15)12(8-11)14(19)20/h2-8,18H,1H3,(H,19,20)/b17-9+. The van der Waals surface area contributed by atoms with Gasteiger partial charge in [-0.2, -0.15) is 5.10 Å². The number of aromatic carboxylic acids is 1. The molecule has 0 aliphatic carbocycles. The maximum absolute atomic E-state index is 11.0. The molecular weight excluding hydrogens is 278 g/mol. The summed E-state index contributed by atoms with van der Waals surface area (Å²) in [6.45, 7) is 1.84. The van der Waals surface area contributed by atoms with Gasteiger partial charge in [-0.3, -0.25) is 10.4 Å². The number of hydrogen-bond donors (Lipinski definition) is 2. The lowest BCUT2D eigenvalue weighted by Crippen LogP contribution is -2.02. The number of hydrogen-bond acceptors (Lipinski definition) is 4. The zero-order valence-electron chi connectivity index (χ0n) is 10.7. The lowest BCUT2D eigenvalue weighted by molar-refractivity contribution is 0.0697. The minimum absolute atomic E-state index is 0.0356. The summed E-state index contributed by atoms with van der Waals surface area (Å²) in [5.41, 5.74) is 5.10. The normalized spacial score (nSPS) is 11.2. The number of carboxylic acids is 1. The Hall–Kier alpha value is -2.40. The van der Waals surface area contributed by atoms with Crippen LogP contribution >= 0.6 is 11.6 Å². The molecule has 0 atom stereocenters. The second-order valence-electron chi connectivity index (χ2n) is 4.04. The molecule has 1 aromatic heterocycles. The SMILES string of the molecule is C/C(=N\Nc1ccc(Cl)c(C(=O)O)c1)c1ccncc1. The summed E-state index contributed by atoms with van der Waals surface area (Å²) < 4.78 is 0. The highest BCUT2D eigenvalue weighted by atomic mass is 35.5. The number of nitrogens with zero attached hydrogens (tertiary/aromatic N) is 2. The minimum atomic E-state index is -1.08. The fourth-order valence-corrected chi connectivity index (χ4v) is 1.76. The highest BCUT2D eigenvalue weighted by molar-refractivity contribution is 6.33. The fourth-order valence-electron chi connectivity index (χ4n) is 1.56. The van der Waals surface area contributed by atoms with Crippen molar-refractivity contribution < 1.29 is 9.90 Å². The van der Waals surface area contributed by atoms with Gasteiger partial charge in [0.1, 0.15) is 0 Å². The third kappa shape index (κ3) is 3.33. The van der Waals surface area contributed by atoms with Gasteiger partial charge in [-0.1, -0.05) is 11.6 Å². The number of carbonyl (C=O) groups is 1. The lowest BCUT2D eigenvalue weighted by atomic mass is 10.2. The van der Waals surface area contributed by atoms with Crippen molar-refractivity contribution in [1.29, 1.82) is 0 Å². The van der Waals surface area contributed by atoms with E-state index in [1.807, 2.05) is 19.1 Å². The molecule has 2 N–H and O–H groups in total. The molecule has 5 nitrogen and oxygen atoms in total. The van der Waals surface area contributed by atoms with Crippen LogP contribution in [0.2, 0.25) is 5.02 Å². The van der Waals surface area contributed by atoms with Gasteiger partial charge in [-0.15, -0.1) is 0 Å². The van der Waals surface area contributed by atoms with Gasteiger partial charge in [-0.25, -0.2) is 4.79 Å². The molecule has 0 aliphatic rings. The molecule has 0 saturated heterocycles. The van der Waals surface area contributed by atoms with Crippen molar-refractivity contribution in [3.8, 4) is 0 Å². The summed E-state index contributed by atoms with van der Waals surface area (Å²) in [6.07, 6.45) is 3.36. The van der Waals surface area contributed by atoms with E-state index in [0.717, 1.165) is 11.3 Å². The molecule has 6 heteroatoms. The predicted molar refractivity (Wildman–Crippen MR) is 78.5 cm³/mol. The van der Waals surface area contributed by atoms with Crippen molar-refractivity contribution in [1.82, 2.24) is 4.98 Å². The molecule has 102 valence electrons. The van der Waals surface area contributed by atoms with Crippen molar-refractivity contribution in [2.45, 2.75) is 6.92 Å². The Morgan fingerprint density at radius 2 is 2.00 bits per heavy atom. The summed E-state index contributed by atoms with van der Waals surface area (Å²) in [5, 5.41) is 13.4. The van der Waals surface area contributed by atoms with E-state index in [1.54, 1.807) is 18.5 Å². The lowest BCUT2D eigenvalue weighted by Gasteiger charge is -2.05. The monoisotopic (exact) mass is 289 g/mol. The average molecular weight is 290 g/mol. The van der Waals surface area contributed by atoms with Crippen LogP contribution in [-0.4, -0.2) is 21.8 Å². The van der Waals surface area contributed by atoms with Gasteiger partial charge >= 0.3 is 5.97 Å². The number of aromatic nitrogens is 1. The van der Waals surface area contributed by atoms with Gasteiger partial charge in [0.05, 0.1) is 22.0 Å². The number of carboxylic acid groups (broad SMARTS) is 1. The number of pyridine rings is 1. The summed E-state index contributed by atoms with van der Waals surface area (Å²) in [5.74, 6) is -1.08. The number of nitrogens with one attached hydrogen (secondary N) is 1. The molecule has 0 bridgehead atoms. The molecule has 0 aliphatic heterocycles. The van der Waals surface area contributed by atoms with Crippen LogP contribution in [0.4, 0.5) is 5.69 Å². The van der Waals surface area contributed by atoms with E-state index in [9.17, 15) is 4.79 Å². The number of hydrazone groups is 1. The molecule has 1 heterocycles. The molecule has 2 aromatic rings. The van der Waals surface area contributed by atoms with Crippen molar-refractivity contribution in [2.24, 2.45) is 5.10 Å². The molecule has 20 heavy (non-hydrogen) atoms. The summed E-state index contributed by atoms with van der Waals surface area (Å²) >= 11 is 5.80. The van der Waals surface area contributed by atoms with E-state index in [0.29, 0.717) is 5.69 Å². The van der Waals surface area contributed by atoms with Gasteiger partial charge in [0, 0.05) is 18.0 Å². The molecule has 0 saturated carbocycles. The van der Waals surface area contributed by atoms with Crippen LogP contribution < -0.4 is 5.43 Å². The van der Waals surface area contributed by atoms with E-state index >= 15 is 0 Å². The minimum Gasteiger partial charge on any atom is -0.478 e. The molecule has 0 radical (unpaired) electrons. The van der Waals surface area contributed by atoms with E-state index in [-0.39, 0.29) is 10.6 Å². The number of anilines is 1. The second kappa shape index (κ2) is 6.16. The van der Waals surface area contributed by atoms with Crippen LogP contribution in [0.5, 0.6) is 0 Å². The highest BCUT2D eigenvalue weighted by Gasteiger charge is 2.09. The van der Waals surface area contributed by atoms with Crippen LogP contribution in [0.3, 0.4) is 0 Å². The molecule has 0 amide bonds. The molecule has 0 fully saturated rings. The Labute approximate surface area is 120 Å². The molecule has 1 aromatic carbocycles. The molecular formula is C14H12ClN3O2. The first-order valence-corrected chi connectivity index (χ1v) is 6.19. The predicted octanol–water partition coefficient (Wildman–Crippen LogP) is 3.27. The Morgan fingerprint density at radius 3 is 2.65 bits per heavy atom. The maximum atomic E-state index is 11.0. The summed E-state index contributed by atoms with van der Waals surface area (Å²) in [4.78, 5) is 14.9. The van der Waals surface area contributed by atoms with Gasteiger partial charge < -0.3 is 5.11 Å². The quantitative estimate of drug-likeness (QED) is 0.669. The third-order valence-electron chi connectivity index (χ3n) is 2.65. The molecule has 2 rings (SSSR count). The first-order chi connectivity index (χ1) is 9.58. The highest BCUT2D eigenvalue weighted by Crippen LogP contribution is 2.20. The third-order valence-corrected chi connectivity index (χ3v) is 2.98. The zero-order chi connectivity index (χ0) is 14.5. The summed E-state index contributed by atoms with van der Waals surface area (Å²) in [6, 6.07) is 8.30. The smallest absolute Gasteiger partial charge is 0.337 e. The Balaban J connectivity index is 2.19. The zero-order valence-corrected chi connectivity index (χ0v) is 11.4. The first-order valence-electron chi connectivity index (χ1n) is 5.81. The van der Waals surface area contributed by atoms with Crippen LogP contribution in [0.25, 0.3) is 0 Å². The maximum Gasteiger partial charge on any atom is 0.337 e. The van der Waals surface area contributed by atoms with Crippen LogP contribution in [0, 0.1) is 0 Å². The number of benzene rings is 1. The van der Waals surface area contributed by atoms with E-state index in [4.69, 9.17) is 16.7 Å². The Kier molecular flexibility index (Phi) is 4.32. The van der Waals surface area contributed by atoms with Crippen molar-refractivity contribution in [3.05, 3.63) is 58.9 Å². The Bertz CT molecular complexity index is 657. The van der Waals surface area contributed by atoms with Gasteiger partial charge in [0.25, 0.3) is 0 Å². The van der Waals surface area contributed by atoms with Gasteiger partial charge in [0.2, 0.25) is 0 Å². The van der Waals surface area contributed by atoms with Crippen LogP contribution in [-0.2, 0) is 0 Å².